The minimum Gasteiger partial charge on any atom is -0.298 e. The van der Waals surface area contributed by atoms with Crippen molar-refractivity contribution in [3.05, 3.63) is 163 Å². The maximum absolute atomic E-state index is 5.41. The smallest absolute Gasteiger partial charge is 0.137 e. The lowest BCUT2D eigenvalue weighted by atomic mass is 9.88. The molecule has 0 bridgehead atoms. The van der Waals surface area contributed by atoms with Gasteiger partial charge in [-0.3, -0.25) is 4.40 Å². The maximum atomic E-state index is 5.41. The highest BCUT2D eigenvalue weighted by Crippen LogP contribution is 2.45. The largest absolute Gasteiger partial charge is 0.298 e. The van der Waals surface area contributed by atoms with Gasteiger partial charge < -0.3 is 0 Å². The Bertz CT molecular complexity index is 2710. The highest BCUT2D eigenvalue weighted by molar-refractivity contribution is 6.20. The fourth-order valence-corrected chi connectivity index (χ4v) is 7.30. The summed E-state index contributed by atoms with van der Waals surface area (Å²) in [6.45, 7) is 4.26. The Morgan fingerprint density at radius 2 is 1.11 bits per heavy atom. The molecule has 0 atom stereocenters. The Labute approximate surface area is 273 Å². The summed E-state index contributed by atoms with van der Waals surface area (Å²) < 4.78 is 2.32. The summed E-state index contributed by atoms with van der Waals surface area (Å²) >= 11 is 0. The molecule has 9 aromatic rings. The summed E-state index contributed by atoms with van der Waals surface area (Å²) in [6, 6.07) is 50.7. The van der Waals surface area contributed by atoms with Crippen molar-refractivity contribution in [2.45, 2.75) is 13.8 Å². The van der Waals surface area contributed by atoms with E-state index in [1.807, 2.05) is 0 Å². The molecule has 222 valence electrons. The van der Waals surface area contributed by atoms with Crippen molar-refractivity contribution in [3.8, 4) is 33.4 Å². The van der Waals surface area contributed by atoms with Crippen LogP contribution in [0.2, 0.25) is 0 Å². The number of rotatable bonds is 4. The monoisotopic (exact) mass is 600 g/mol. The van der Waals surface area contributed by atoms with Gasteiger partial charge in [0, 0.05) is 17.3 Å². The predicted octanol–water partition coefficient (Wildman–Crippen LogP) is 12.3. The lowest BCUT2D eigenvalue weighted by molar-refractivity contribution is 1.23. The van der Waals surface area contributed by atoms with Gasteiger partial charge in [0.1, 0.15) is 5.65 Å². The fourth-order valence-electron chi connectivity index (χ4n) is 7.30. The lowest BCUT2D eigenvalue weighted by Crippen LogP contribution is -1.94. The van der Waals surface area contributed by atoms with E-state index in [9.17, 15) is 0 Å². The normalized spacial score (nSPS) is 12.0. The van der Waals surface area contributed by atoms with Crippen LogP contribution in [0.1, 0.15) is 18.1 Å². The number of pyridine rings is 1. The van der Waals surface area contributed by atoms with Crippen molar-refractivity contribution in [3.63, 3.8) is 0 Å². The first-order valence-corrected chi connectivity index (χ1v) is 16.2. The second-order valence-electron chi connectivity index (χ2n) is 12.4. The van der Waals surface area contributed by atoms with E-state index in [0.717, 1.165) is 22.2 Å². The summed E-state index contributed by atoms with van der Waals surface area (Å²) in [6.07, 6.45) is 6.55. The first kappa shape index (κ1) is 27.3. The van der Waals surface area contributed by atoms with E-state index in [-0.39, 0.29) is 0 Å². The van der Waals surface area contributed by atoms with Crippen LogP contribution in [0.5, 0.6) is 0 Å². The number of fused-ring (bicyclic) bond motifs is 6. The van der Waals surface area contributed by atoms with Gasteiger partial charge in [0.2, 0.25) is 0 Å². The molecule has 0 aliphatic carbocycles. The topological polar surface area (TPSA) is 17.3 Å². The summed E-state index contributed by atoms with van der Waals surface area (Å²) in [5, 5.41) is 7.38. The zero-order valence-electron chi connectivity index (χ0n) is 26.4. The number of benzene rings is 7. The Morgan fingerprint density at radius 1 is 0.532 bits per heavy atom. The first-order chi connectivity index (χ1) is 23.2. The van der Waals surface area contributed by atoms with E-state index in [0.29, 0.717) is 0 Å². The van der Waals surface area contributed by atoms with Gasteiger partial charge >= 0.3 is 0 Å². The molecule has 0 N–H and O–H groups in total. The number of aryl methyl sites for hydroxylation is 1. The van der Waals surface area contributed by atoms with Crippen LogP contribution in [-0.4, -0.2) is 9.38 Å². The lowest BCUT2D eigenvalue weighted by Gasteiger charge is -2.16. The van der Waals surface area contributed by atoms with E-state index in [2.05, 4.69) is 176 Å². The number of nitrogens with zero attached hydrogens (tertiary/aromatic N) is 2. The van der Waals surface area contributed by atoms with Crippen molar-refractivity contribution in [2.75, 3.05) is 0 Å². The first-order valence-electron chi connectivity index (χ1n) is 16.2. The van der Waals surface area contributed by atoms with Gasteiger partial charge in [-0.2, -0.15) is 0 Å². The molecule has 7 aromatic carbocycles. The van der Waals surface area contributed by atoms with E-state index in [4.69, 9.17) is 4.98 Å². The second kappa shape index (κ2) is 10.8. The summed E-state index contributed by atoms with van der Waals surface area (Å²) in [5.41, 5.74) is 12.7. The van der Waals surface area contributed by atoms with Gasteiger partial charge in [-0.05, 0) is 104 Å². The molecule has 0 radical (unpaired) electrons. The molecule has 0 spiro atoms. The third-order valence-electron chi connectivity index (χ3n) is 9.58. The molecule has 0 fully saturated rings. The Hall–Kier alpha value is -5.99. The minimum atomic E-state index is 0.936. The zero-order chi connectivity index (χ0) is 31.5. The molecule has 0 saturated heterocycles. The average Bonchev–Trinajstić information content (AvgIpc) is 3.49. The van der Waals surface area contributed by atoms with Crippen LogP contribution in [0.25, 0.3) is 88.5 Å². The van der Waals surface area contributed by atoms with E-state index in [1.165, 1.54) is 71.3 Å². The quantitative estimate of drug-likeness (QED) is 0.196. The fraction of sp³-hybridized carbons (Fsp3) is 0.0444. The van der Waals surface area contributed by atoms with Crippen LogP contribution in [0.3, 0.4) is 0 Å². The van der Waals surface area contributed by atoms with Gasteiger partial charge in [0.05, 0.1) is 11.0 Å². The molecule has 2 aromatic heterocycles. The van der Waals surface area contributed by atoms with Crippen LogP contribution >= 0.6 is 0 Å². The number of hydrogen-bond donors (Lipinski definition) is 0. The molecule has 2 nitrogen and oxygen atoms in total. The van der Waals surface area contributed by atoms with Crippen molar-refractivity contribution < 1.29 is 0 Å². The zero-order valence-corrected chi connectivity index (χ0v) is 26.4. The maximum Gasteiger partial charge on any atom is 0.137 e. The van der Waals surface area contributed by atoms with Gasteiger partial charge in [0.25, 0.3) is 0 Å². The minimum absolute atomic E-state index is 0.936. The van der Waals surface area contributed by atoms with E-state index >= 15 is 0 Å². The number of aromatic nitrogens is 2. The van der Waals surface area contributed by atoms with E-state index < -0.39 is 0 Å². The highest BCUT2D eigenvalue weighted by Gasteiger charge is 2.22. The van der Waals surface area contributed by atoms with Crippen LogP contribution in [-0.2, 0) is 0 Å². The molecule has 0 aliphatic rings. The van der Waals surface area contributed by atoms with Crippen molar-refractivity contribution in [1.82, 2.24) is 9.38 Å². The van der Waals surface area contributed by atoms with Gasteiger partial charge in [-0.25, -0.2) is 4.98 Å². The molecular formula is C45H32N2. The molecule has 47 heavy (non-hydrogen) atoms. The molecule has 0 amide bonds. The number of allylic oxidation sites excluding steroid dienone is 1. The van der Waals surface area contributed by atoms with Crippen molar-refractivity contribution in [2.24, 2.45) is 0 Å². The molecule has 0 aliphatic heterocycles. The number of hydrogen-bond acceptors (Lipinski definition) is 1. The van der Waals surface area contributed by atoms with Crippen LogP contribution in [0.15, 0.2) is 152 Å². The molecule has 0 unspecified atom stereocenters. The van der Waals surface area contributed by atoms with Gasteiger partial charge in [-0.15, -0.1) is 0 Å². The molecule has 2 heteroatoms. The summed E-state index contributed by atoms with van der Waals surface area (Å²) in [5.74, 6) is 0. The predicted molar refractivity (Wildman–Crippen MR) is 201 cm³/mol. The third-order valence-corrected chi connectivity index (χ3v) is 9.58. The van der Waals surface area contributed by atoms with Crippen molar-refractivity contribution in [1.29, 1.82) is 0 Å². The van der Waals surface area contributed by atoms with Crippen LogP contribution in [0.4, 0.5) is 0 Å². The standard InChI is InChI=1S/C45H32N2/c1-3-10-30-17-21-36(25-29(30)2)42-39-15-8-9-16-40(39)43(37-22-19-32-12-5-7-14-34(32)27-37)45-44(42)46-41-24-23-38(28-47(41)45)35-20-18-31-11-4-6-13-33(31)26-35/h3-28H,1-2H3/b10-3-. The molecule has 2 heterocycles. The van der Waals surface area contributed by atoms with Crippen LogP contribution < -0.4 is 0 Å². The van der Waals surface area contributed by atoms with Gasteiger partial charge in [-0.1, -0.05) is 127 Å². The van der Waals surface area contributed by atoms with E-state index in [1.54, 1.807) is 0 Å². The second-order valence-corrected chi connectivity index (χ2v) is 12.4. The highest BCUT2D eigenvalue weighted by atomic mass is 15.0. The molecule has 9 rings (SSSR count). The summed E-state index contributed by atoms with van der Waals surface area (Å²) in [7, 11) is 0. The summed E-state index contributed by atoms with van der Waals surface area (Å²) in [4.78, 5) is 5.41. The third kappa shape index (κ3) is 4.45. The Balaban J connectivity index is 1.41. The molecular weight excluding hydrogens is 569 g/mol. The SMILES string of the molecule is C/C=C\c1ccc(-c2c3ccccc3c(-c3ccc4ccccc4c3)c3c2nc2ccc(-c4ccc5ccccc5c4)cn23)cc1C. The molecule has 0 saturated carbocycles. The number of imidazole rings is 1. The van der Waals surface area contributed by atoms with Crippen LogP contribution in [0, 0.1) is 6.92 Å². The van der Waals surface area contributed by atoms with Gasteiger partial charge in [0.15, 0.2) is 0 Å². The average molecular weight is 601 g/mol. The Kier molecular flexibility index (Phi) is 6.29. The Morgan fingerprint density at radius 3 is 1.81 bits per heavy atom. The van der Waals surface area contributed by atoms with Crippen molar-refractivity contribution >= 4 is 55.1 Å².